The van der Waals surface area contributed by atoms with E-state index in [4.69, 9.17) is 10.2 Å². The topological polar surface area (TPSA) is 116 Å². The SMILES string of the molecule is CSc1ccccc1NC(=O)N[C@@H](CCC(=O)O)C(=O)O. The average Bonchev–Trinajstić information content (AvgIpc) is 2.43. The Labute approximate surface area is 125 Å². The number of carbonyl (C=O) groups is 3. The summed E-state index contributed by atoms with van der Waals surface area (Å²) >= 11 is 1.44. The molecule has 1 rings (SSSR count). The fourth-order valence-electron chi connectivity index (χ4n) is 1.59. The summed E-state index contributed by atoms with van der Waals surface area (Å²) in [6.45, 7) is 0. The summed E-state index contributed by atoms with van der Waals surface area (Å²) in [6.07, 6.45) is 1.34. The van der Waals surface area contributed by atoms with Crippen LogP contribution in [0.2, 0.25) is 0 Å². The molecule has 2 amide bonds. The normalized spacial score (nSPS) is 11.5. The van der Waals surface area contributed by atoms with Gasteiger partial charge in [-0.1, -0.05) is 12.1 Å². The molecule has 0 radical (unpaired) electrons. The van der Waals surface area contributed by atoms with Gasteiger partial charge in [-0.05, 0) is 24.8 Å². The number of benzene rings is 1. The van der Waals surface area contributed by atoms with Crippen LogP contribution < -0.4 is 10.6 Å². The zero-order chi connectivity index (χ0) is 15.8. The van der Waals surface area contributed by atoms with Crippen LogP contribution in [0, 0.1) is 0 Å². The molecule has 21 heavy (non-hydrogen) atoms. The second-order valence-corrected chi connectivity index (χ2v) is 4.97. The van der Waals surface area contributed by atoms with E-state index >= 15 is 0 Å². The highest BCUT2D eigenvalue weighted by Gasteiger charge is 2.21. The maximum atomic E-state index is 11.8. The van der Waals surface area contributed by atoms with Gasteiger partial charge in [0.1, 0.15) is 6.04 Å². The number of para-hydroxylation sites is 1. The number of aliphatic carboxylic acids is 2. The number of urea groups is 1. The third kappa shape index (κ3) is 5.74. The van der Waals surface area contributed by atoms with Crippen LogP contribution in [0.3, 0.4) is 0 Å². The van der Waals surface area contributed by atoms with Crippen molar-refractivity contribution in [2.24, 2.45) is 0 Å². The summed E-state index contributed by atoms with van der Waals surface area (Å²) in [5, 5.41) is 22.3. The second-order valence-electron chi connectivity index (χ2n) is 4.12. The molecule has 1 aromatic rings. The van der Waals surface area contributed by atoms with Crippen molar-refractivity contribution < 1.29 is 24.6 Å². The van der Waals surface area contributed by atoms with Gasteiger partial charge in [-0.3, -0.25) is 4.79 Å². The molecular weight excluding hydrogens is 296 g/mol. The lowest BCUT2D eigenvalue weighted by Gasteiger charge is -2.15. The molecule has 0 aliphatic rings. The molecule has 0 bridgehead atoms. The van der Waals surface area contributed by atoms with Gasteiger partial charge in [-0.15, -0.1) is 11.8 Å². The van der Waals surface area contributed by atoms with Crippen molar-refractivity contribution in [3.63, 3.8) is 0 Å². The van der Waals surface area contributed by atoms with Gasteiger partial charge in [0.05, 0.1) is 5.69 Å². The van der Waals surface area contributed by atoms with Crippen LogP contribution in [0.15, 0.2) is 29.2 Å². The van der Waals surface area contributed by atoms with Crippen LogP contribution in [0.4, 0.5) is 10.5 Å². The Morgan fingerprint density at radius 2 is 1.90 bits per heavy atom. The van der Waals surface area contributed by atoms with Gasteiger partial charge in [0, 0.05) is 11.3 Å². The highest BCUT2D eigenvalue weighted by molar-refractivity contribution is 7.98. The Hall–Kier alpha value is -2.22. The molecule has 0 spiro atoms. The van der Waals surface area contributed by atoms with Gasteiger partial charge in [-0.25, -0.2) is 9.59 Å². The first-order valence-corrected chi connectivity index (χ1v) is 7.31. The van der Waals surface area contributed by atoms with E-state index in [0.717, 1.165) is 4.90 Å². The Balaban J connectivity index is 2.65. The van der Waals surface area contributed by atoms with Gasteiger partial charge in [0.25, 0.3) is 0 Å². The molecule has 0 aliphatic carbocycles. The van der Waals surface area contributed by atoms with Crippen molar-refractivity contribution in [2.75, 3.05) is 11.6 Å². The first-order valence-electron chi connectivity index (χ1n) is 6.09. The number of rotatable bonds is 7. The molecule has 0 saturated heterocycles. The Morgan fingerprint density at radius 3 is 2.48 bits per heavy atom. The zero-order valence-corrected chi connectivity index (χ0v) is 12.1. The minimum atomic E-state index is -1.27. The summed E-state index contributed by atoms with van der Waals surface area (Å²) in [5.41, 5.74) is 0.560. The largest absolute Gasteiger partial charge is 0.481 e. The van der Waals surface area contributed by atoms with Gasteiger partial charge in [0.2, 0.25) is 0 Å². The fraction of sp³-hybridized carbons (Fsp3) is 0.308. The monoisotopic (exact) mass is 312 g/mol. The van der Waals surface area contributed by atoms with E-state index in [0.29, 0.717) is 5.69 Å². The Kier molecular flexibility index (Phi) is 6.54. The van der Waals surface area contributed by atoms with Crippen LogP contribution >= 0.6 is 11.8 Å². The van der Waals surface area contributed by atoms with Crippen LogP contribution in [0.5, 0.6) is 0 Å². The number of anilines is 1. The van der Waals surface area contributed by atoms with E-state index in [1.54, 1.807) is 12.1 Å². The van der Waals surface area contributed by atoms with Gasteiger partial charge >= 0.3 is 18.0 Å². The van der Waals surface area contributed by atoms with E-state index in [2.05, 4.69) is 10.6 Å². The zero-order valence-electron chi connectivity index (χ0n) is 11.3. The maximum Gasteiger partial charge on any atom is 0.326 e. The quantitative estimate of drug-likeness (QED) is 0.571. The lowest BCUT2D eigenvalue weighted by Crippen LogP contribution is -2.43. The van der Waals surface area contributed by atoms with E-state index in [9.17, 15) is 14.4 Å². The molecule has 0 fully saturated rings. The summed E-state index contributed by atoms with van der Waals surface area (Å²) in [6, 6.07) is 5.14. The lowest BCUT2D eigenvalue weighted by molar-refractivity contribution is -0.140. The first-order chi connectivity index (χ1) is 9.93. The van der Waals surface area contributed by atoms with Crippen LogP contribution in [-0.4, -0.2) is 40.5 Å². The predicted molar refractivity (Wildman–Crippen MR) is 78.7 cm³/mol. The Bertz CT molecular complexity index is 535. The van der Waals surface area contributed by atoms with E-state index < -0.39 is 24.0 Å². The molecule has 8 heteroatoms. The molecule has 0 saturated carbocycles. The maximum absolute atomic E-state index is 11.8. The Morgan fingerprint density at radius 1 is 1.24 bits per heavy atom. The van der Waals surface area contributed by atoms with Crippen molar-refractivity contribution in [3.05, 3.63) is 24.3 Å². The lowest BCUT2D eigenvalue weighted by atomic mass is 10.1. The third-order valence-corrected chi connectivity index (χ3v) is 3.40. The number of hydrogen-bond donors (Lipinski definition) is 4. The second kappa shape index (κ2) is 8.15. The summed E-state index contributed by atoms with van der Waals surface area (Å²) in [7, 11) is 0. The number of nitrogens with one attached hydrogen (secondary N) is 2. The number of hydrogen-bond acceptors (Lipinski definition) is 4. The fourth-order valence-corrected chi connectivity index (χ4v) is 2.14. The predicted octanol–water partition coefficient (Wildman–Crippen LogP) is 1.85. The van der Waals surface area contributed by atoms with Gasteiger partial charge in [0.15, 0.2) is 0 Å². The number of carboxylic acids is 2. The molecular formula is C13H16N2O5S. The molecule has 1 aromatic carbocycles. The highest BCUT2D eigenvalue weighted by atomic mass is 32.2. The van der Waals surface area contributed by atoms with Crippen LogP contribution in [-0.2, 0) is 9.59 Å². The molecule has 114 valence electrons. The summed E-state index contributed by atoms with van der Waals surface area (Å²) in [5.74, 6) is -2.39. The highest BCUT2D eigenvalue weighted by Crippen LogP contribution is 2.24. The number of carbonyl (C=O) groups excluding carboxylic acids is 1. The average molecular weight is 312 g/mol. The summed E-state index contributed by atoms with van der Waals surface area (Å²) < 4.78 is 0. The van der Waals surface area contributed by atoms with E-state index in [1.807, 2.05) is 18.4 Å². The van der Waals surface area contributed by atoms with E-state index in [1.165, 1.54) is 11.8 Å². The minimum absolute atomic E-state index is 0.178. The molecule has 0 aromatic heterocycles. The summed E-state index contributed by atoms with van der Waals surface area (Å²) in [4.78, 5) is 34.1. The first kappa shape index (κ1) is 16.8. The van der Waals surface area contributed by atoms with Crippen LogP contribution in [0.25, 0.3) is 0 Å². The number of carboxylic acid groups (broad SMARTS) is 2. The van der Waals surface area contributed by atoms with Crippen molar-refractivity contribution in [1.82, 2.24) is 5.32 Å². The third-order valence-electron chi connectivity index (χ3n) is 2.61. The van der Waals surface area contributed by atoms with Crippen molar-refractivity contribution in [1.29, 1.82) is 0 Å². The van der Waals surface area contributed by atoms with Gasteiger partial charge < -0.3 is 20.8 Å². The molecule has 1 atom stereocenters. The van der Waals surface area contributed by atoms with Crippen molar-refractivity contribution in [2.45, 2.75) is 23.8 Å². The molecule has 0 aliphatic heterocycles. The van der Waals surface area contributed by atoms with E-state index in [-0.39, 0.29) is 12.8 Å². The van der Waals surface area contributed by atoms with Crippen LogP contribution in [0.1, 0.15) is 12.8 Å². The standard InChI is InChI=1S/C13H16N2O5S/c1-21-10-5-3-2-4-8(10)14-13(20)15-9(12(18)19)6-7-11(16)17/h2-5,9H,6-7H2,1H3,(H,16,17)(H,18,19)(H2,14,15,20)/t9-/m0/s1. The van der Waals surface area contributed by atoms with Crippen molar-refractivity contribution >= 4 is 35.4 Å². The molecule has 4 N–H and O–H groups in total. The number of thioether (sulfide) groups is 1. The number of amides is 2. The smallest absolute Gasteiger partial charge is 0.326 e. The minimum Gasteiger partial charge on any atom is -0.481 e. The van der Waals surface area contributed by atoms with Crippen molar-refractivity contribution in [3.8, 4) is 0 Å². The van der Waals surface area contributed by atoms with Gasteiger partial charge in [-0.2, -0.15) is 0 Å². The molecule has 0 unspecified atom stereocenters. The molecule has 7 nitrogen and oxygen atoms in total. The molecule has 0 heterocycles.